The van der Waals surface area contributed by atoms with Crippen molar-refractivity contribution in [1.82, 2.24) is 9.55 Å². The highest BCUT2D eigenvalue weighted by Crippen LogP contribution is 2.41. The maximum Gasteiger partial charge on any atom is 0.353 e. The smallest absolute Gasteiger partial charge is 0.353 e. The number of ether oxygens (including phenoxy) is 1. The molecule has 0 fully saturated rings. The topological polar surface area (TPSA) is 157 Å². The largest absolute Gasteiger partial charge is 0.394 e. The molecule has 1 aromatic heterocycles. The Morgan fingerprint density at radius 1 is 1.52 bits per heavy atom. The van der Waals surface area contributed by atoms with Crippen LogP contribution < -0.4 is 11.4 Å². The van der Waals surface area contributed by atoms with E-state index < -0.39 is 39.0 Å². The fourth-order valence-electron chi connectivity index (χ4n) is 1.25. The van der Waals surface area contributed by atoms with Crippen molar-refractivity contribution >= 4 is 13.4 Å². The average molecular weight is 323 g/mol. The van der Waals surface area contributed by atoms with Gasteiger partial charge in [-0.25, -0.2) is 4.79 Å². The lowest BCUT2D eigenvalue weighted by atomic mass is 10.4. The van der Waals surface area contributed by atoms with Crippen molar-refractivity contribution in [3.05, 3.63) is 22.7 Å². The van der Waals surface area contributed by atoms with Crippen molar-refractivity contribution in [2.45, 2.75) is 12.6 Å². The van der Waals surface area contributed by atoms with Gasteiger partial charge in [0.15, 0.2) is 0 Å². The number of aromatic nitrogens is 2. The molecular formula is C10H18N3O7P. The highest BCUT2D eigenvalue weighted by Gasteiger charge is 2.21. The first-order valence-electron chi connectivity index (χ1n) is 6.00. The van der Waals surface area contributed by atoms with Gasteiger partial charge in [0.2, 0.25) is 0 Å². The van der Waals surface area contributed by atoms with Crippen molar-refractivity contribution in [3.63, 3.8) is 0 Å². The number of aliphatic hydroxyl groups is 2. The van der Waals surface area contributed by atoms with E-state index in [1.54, 1.807) is 0 Å². The van der Waals surface area contributed by atoms with Gasteiger partial charge in [0.05, 0.1) is 26.4 Å². The van der Waals surface area contributed by atoms with Crippen molar-refractivity contribution in [1.29, 1.82) is 0 Å². The van der Waals surface area contributed by atoms with Crippen LogP contribution in [0.5, 0.6) is 0 Å². The molecule has 0 bridgehead atoms. The van der Waals surface area contributed by atoms with E-state index in [0.29, 0.717) is 0 Å². The highest BCUT2D eigenvalue weighted by atomic mass is 31.2. The minimum Gasteiger partial charge on any atom is -0.394 e. The molecule has 10 nitrogen and oxygen atoms in total. The van der Waals surface area contributed by atoms with E-state index in [9.17, 15) is 14.3 Å². The molecule has 0 radical (unpaired) electrons. The Hall–Kier alpha value is -1.29. The molecule has 0 saturated carbocycles. The number of hydrogen-bond acceptors (Lipinski definition) is 8. The molecule has 21 heavy (non-hydrogen) atoms. The van der Waals surface area contributed by atoms with Gasteiger partial charge in [-0.05, 0) is 6.07 Å². The molecule has 0 aliphatic carbocycles. The summed E-state index contributed by atoms with van der Waals surface area (Å²) in [5.41, 5.74) is 4.78. The molecule has 1 rings (SSSR count). The summed E-state index contributed by atoms with van der Waals surface area (Å²) < 4.78 is 22.2. The quantitative estimate of drug-likeness (QED) is 0.309. The Kier molecular flexibility index (Phi) is 6.96. The number of rotatable bonds is 9. The van der Waals surface area contributed by atoms with E-state index in [4.69, 9.17) is 20.7 Å². The predicted octanol–water partition coefficient (Wildman–Crippen LogP) is -1.65. The summed E-state index contributed by atoms with van der Waals surface area (Å²) in [5, 5.41) is 17.5. The lowest BCUT2D eigenvalue weighted by molar-refractivity contribution is 0.0448. The van der Waals surface area contributed by atoms with Gasteiger partial charge < -0.3 is 30.1 Å². The molecule has 0 saturated heterocycles. The van der Waals surface area contributed by atoms with Gasteiger partial charge >= 0.3 is 13.3 Å². The Morgan fingerprint density at radius 3 is 2.86 bits per heavy atom. The Morgan fingerprint density at radius 2 is 2.24 bits per heavy atom. The molecule has 0 aliphatic rings. The minimum atomic E-state index is -4.02. The van der Waals surface area contributed by atoms with Crippen LogP contribution in [-0.4, -0.2) is 56.9 Å². The standard InChI is InChI=1S/C10H18N3O7P/c11-9-1-2-13(10(16)12-9)3-4-19-7-21(17,18)20-6-8(15)5-14/h1-2,8,14-15H,3-7H2,(H,17,18)(H2,11,12,16). The zero-order valence-corrected chi connectivity index (χ0v) is 12.1. The number of nitrogens with two attached hydrogens (primary N) is 1. The van der Waals surface area contributed by atoms with Crippen LogP contribution in [-0.2, 0) is 20.4 Å². The van der Waals surface area contributed by atoms with Gasteiger partial charge in [-0.3, -0.25) is 9.13 Å². The monoisotopic (exact) mass is 323 g/mol. The average Bonchev–Trinajstić information content (AvgIpc) is 2.43. The maximum absolute atomic E-state index is 11.5. The van der Waals surface area contributed by atoms with Crippen molar-refractivity contribution < 1.29 is 28.9 Å². The van der Waals surface area contributed by atoms with E-state index in [-0.39, 0.29) is 19.0 Å². The summed E-state index contributed by atoms with van der Waals surface area (Å²) in [6.45, 7) is -0.934. The van der Waals surface area contributed by atoms with Crippen molar-refractivity contribution in [2.75, 3.05) is 31.9 Å². The number of nitrogens with zero attached hydrogens (tertiary/aromatic N) is 2. The van der Waals surface area contributed by atoms with Crippen LogP contribution in [0.2, 0.25) is 0 Å². The molecule has 1 heterocycles. The number of hydrogen-bond donors (Lipinski definition) is 4. The fraction of sp³-hybridized carbons (Fsp3) is 0.600. The van der Waals surface area contributed by atoms with Crippen LogP contribution >= 0.6 is 7.60 Å². The Labute approximate surface area is 120 Å². The highest BCUT2D eigenvalue weighted by molar-refractivity contribution is 7.52. The molecule has 0 spiro atoms. The molecule has 11 heteroatoms. The summed E-state index contributed by atoms with van der Waals surface area (Å²) in [4.78, 5) is 24.3. The summed E-state index contributed by atoms with van der Waals surface area (Å²) in [6.07, 6.45) is -0.395. The molecule has 2 atom stereocenters. The summed E-state index contributed by atoms with van der Waals surface area (Å²) >= 11 is 0. The molecule has 0 aromatic carbocycles. The third-order valence-corrected chi connectivity index (χ3v) is 3.37. The first kappa shape index (κ1) is 17.8. The third kappa shape index (κ3) is 6.80. The van der Waals surface area contributed by atoms with Gasteiger partial charge in [0.1, 0.15) is 18.3 Å². The molecule has 1 aromatic rings. The molecule has 120 valence electrons. The van der Waals surface area contributed by atoms with E-state index >= 15 is 0 Å². The maximum atomic E-state index is 11.5. The molecule has 0 amide bonds. The van der Waals surface area contributed by atoms with Gasteiger partial charge in [-0.15, -0.1) is 0 Å². The summed E-state index contributed by atoms with van der Waals surface area (Å²) in [6, 6.07) is 1.44. The zero-order chi connectivity index (χ0) is 15.9. The van der Waals surface area contributed by atoms with Crippen LogP contribution in [0.1, 0.15) is 0 Å². The number of nitrogen functional groups attached to an aromatic ring is 1. The number of anilines is 1. The number of aliphatic hydroxyl groups excluding tert-OH is 2. The second-order valence-corrected chi connectivity index (χ2v) is 5.93. The van der Waals surface area contributed by atoms with E-state index in [1.807, 2.05) is 0 Å². The lowest BCUT2D eigenvalue weighted by Gasteiger charge is -2.14. The third-order valence-electron chi connectivity index (χ3n) is 2.31. The SMILES string of the molecule is Nc1ccn(CCOCP(=O)(O)OCC(O)CO)c(=O)n1. The van der Waals surface area contributed by atoms with Crippen LogP contribution in [0.15, 0.2) is 17.1 Å². The normalized spacial score (nSPS) is 15.6. The first-order valence-corrected chi connectivity index (χ1v) is 7.76. The Balaban J connectivity index is 2.32. The van der Waals surface area contributed by atoms with Crippen molar-refractivity contribution in [2.24, 2.45) is 0 Å². The second-order valence-electron chi connectivity index (χ2n) is 4.14. The Bertz CT molecular complexity index is 550. The molecule has 5 N–H and O–H groups in total. The first-order chi connectivity index (χ1) is 9.84. The molecule has 2 unspecified atom stereocenters. The predicted molar refractivity (Wildman–Crippen MR) is 72.6 cm³/mol. The molecular weight excluding hydrogens is 305 g/mol. The van der Waals surface area contributed by atoms with Crippen LogP contribution in [0.4, 0.5) is 5.82 Å². The van der Waals surface area contributed by atoms with Crippen LogP contribution in [0.3, 0.4) is 0 Å². The van der Waals surface area contributed by atoms with E-state index in [0.717, 1.165) is 0 Å². The van der Waals surface area contributed by atoms with Gasteiger partial charge in [-0.1, -0.05) is 0 Å². The lowest BCUT2D eigenvalue weighted by Crippen LogP contribution is -2.25. The summed E-state index contributed by atoms with van der Waals surface area (Å²) in [5.74, 6) is 0.105. The van der Waals surface area contributed by atoms with E-state index in [2.05, 4.69) is 9.51 Å². The van der Waals surface area contributed by atoms with Gasteiger partial charge in [0.25, 0.3) is 0 Å². The van der Waals surface area contributed by atoms with Crippen molar-refractivity contribution in [3.8, 4) is 0 Å². The van der Waals surface area contributed by atoms with Crippen LogP contribution in [0.25, 0.3) is 0 Å². The summed E-state index contributed by atoms with van der Waals surface area (Å²) in [7, 11) is -4.02. The fourth-order valence-corrected chi connectivity index (χ4v) is 2.09. The van der Waals surface area contributed by atoms with Gasteiger partial charge in [-0.2, -0.15) is 4.98 Å². The van der Waals surface area contributed by atoms with E-state index in [1.165, 1.54) is 16.8 Å². The zero-order valence-electron chi connectivity index (χ0n) is 11.2. The minimum absolute atomic E-state index is 0.0119. The second kappa shape index (κ2) is 8.23. The molecule has 0 aliphatic heterocycles. The van der Waals surface area contributed by atoms with Crippen LogP contribution in [0, 0.1) is 0 Å². The van der Waals surface area contributed by atoms with Gasteiger partial charge in [0, 0.05) is 6.20 Å².